The van der Waals surface area contributed by atoms with Crippen LogP contribution in [0.3, 0.4) is 0 Å². The predicted octanol–water partition coefficient (Wildman–Crippen LogP) is 6.22. The van der Waals surface area contributed by atoms with Gasteiger partial charge in [0.2, 0.25) is 0 Å². The molecule has 7 heteroatoms. The number of hydrogen-bond donors (Lipinski definition) is 2. The minimum absolute atomic E-state index is 0.192. The Labute approximate surface area is 215 Å². The molecule has 0 aliphatic carbocycles. The summed E-state index contributed by atoms with van der Waals surface area (Å²) >= 11 is 3.49. The van der Waals surface area contributed by atoms with Crippen molar-refractivity contribution < 1.29 is 4.79 Å². The maximum atomic E-state index is 14.1. The fourth-order valence-electron chi connectivity index (χ4n) is 4.39. The Hall–Kier alpha value is -4.49. The summed E-state index contributed by atoms with van der Waals surface area (Å²) in [5, 5.41) is 6.41. The molecule has 1 aliphatic rings. The molecule has 2 heterocycles. The number of aromatic nitrogens is 2. The van der Waals surface area contributed by atoms with Crippen molar-refractivity contribution in [1.82, 2.24) is 9.55 Å². The van der Waals surface area contributed by atoms with E-state index in [1.165, 1.54) is 4.57 Å². The molecule has 174 valence electrons. The molecule has 0 atom stereocenters. The molecule has 1 amide bonds. The van der Waals surface area contributed by atoms with Gasteiger partial charge in [0.1, 0.15) is 11.4 Å². The average Bonchev–Trinajstić information content (AvgIpc) is 3.05. The monoisotopic (exact) mass is 534 g/mol. The van der Waals surface area contributed by atoms with Crippen LogP contribution in [0.1, 0.15) is 5.56 Å². The second kappa shape index (κ2) is 8.94. The number of carbonyl (C=O) groups is 1. The van der Waals surface area contributed by atoms with Crippen LogP contribution < -0.4 is 16.2 Å². The Bertz CT molecular complexity index is 1740. The summed E-state index contributed by atoms with van der Waals surface area (Å²) in [5.74, 6) is -0.398. The van der Waals surface area contributed by atoms with E-state index in [4.69, 9.17) is 4.98 Å². The van der Waals surface area contributed by atoms with Gasteiger partial charge in [-0.1, -0.05) is 82.7 Å². The lowest BCUT2D eigenvalue weighted by molar-refractivity contribution is -0.111. The average molecular weight is 535 g/mol. The zero-order chi connectivity index (χ0) is 24.6. The van der Waals surface area contributed by atoms with Crippen molar-refractivity contribution in [3.63, 3.8) is 0 Å². The van der Waals surface area contributed by atoms with Gasteiger partial charge in [0.05, 0.1) is 28.1 Å². The number of halogens is 1. The normalized spacial score (nSPS) is 13.1. The van der Waals surface area contributed by atoms with E-state index in [0.717, 1.165) is 15.7 Å². The van der Waals surface area contributed by atoms with Crippen molar-refractivity contribution in [3.05, 3.63) is 124 Å². The van der Waals surface area contributed by atoms with Gasteiger partial charge < -0.3 is 10.6 Å². The minimum Gasteiger partial charge on any atom is -0.351 e. The summed E-state index contributed by atoms with van der Waals surface area (Å²) in [6.45, 7) is 0. The van der Waals surface area contributed by atoms with Crippen LogP contribution in [0, 0.1) is 0 Å². The van der Waals surface area contributed by atoms with Gasteiger partial charge in [-0.3, -0.25) is 14.2 Å². The molecule has 6 nitrogen and oxygen atoms in total. The lowest BCUT2D eigenvalue weighted by atomic mass is 10.1. The summed E-state index contributed by atoms with van der Waals surface area (Å²) in [6.07, 6.45) is 0. The van der Waals surface area contributed by atoms with E-state index in [1.54, 1.807) is 6.07 Å². The molecule has 5 aromatic rings. The second-order valence-corrected chi connectivity index (χ2v) is 9.23. The maximum Gasteiger partial charge on any atom is 0.282 e. The summed E-state index contributed by atoms with van der Waals surface area (Å²) in [4.78, 5) is 32.7. The topological polar surface area (TPSA) is 76.0 Å². The van der Waals surface area contributed by atoms with Crippen molar-refractivity contribution in [2.45, 2.75) is 0 Å². The molecule has 1 aromatic heterocycles. The summed E-state index contributed by atoms with van der Waals surface area (Å²) < 4.78 is 2.30. The Balaban J connectivity index is 1.72. The molecular formula is C29H19BrN4O2. The smallest absolute Gasteiger partial charge is 0.282 e. The molecule has 6 rings (SSSR count). The van der Waals surface area contributed by atoms with Crippen molar-refractivity contribution in [1.29, 1.82) is 0 Å². The van der Waals surface area contributed by atoms with E-state index in [0.29, 0.717) is 28.0 Å². The number of benzene rings is 4. The van der Waals surface area contributed by atoms with Crippen LogP contribution in [0.25, 0.3) is 33.7 Å². The molecule has 0 spiro atoms. The maximum absolute atomic E-state index is 14.1. The summed E-state index contributed by atoms with van der Waals surface area (Å²) in [7, 11) is 0. The molecule has 36 heavy (non-hydrogen) atoms. The number of nitrogens with one attached hydrogen (secondary N) is 2. The van der Waals surface area contributed by atoms with Gasteiger partial charge in [-0.25, -0.2) is 4.98 Å². The molecular weight excluding hydrogens is 516 g/mol. The standard InChI is InChI=1S/C29H19BrN4O2/c30-20-12-8-11-19(17-20)26-29(36)34(24-16-7-6-15-23(24)32-26)27-25(18-9-2-1-3-10-18)31-21-13-4-5-14-22(21)33-28(27)35/h1-17,31H,(H,33,35). The summed E-state index contributed by atoms with van der Waals surface area (Å²) in [6, 6.07) is 31.7. The van der Waals surface area contributed by atoms with Gasteiger partial charge in [0.15, 0.2) is 0 Å². The third-order valence-corrected chi connectivity index (χ3v) is 6.52. The van der Waals surface area contributed by atoms with Crippen LogP contribution in [-0.2, 0) is 4.79 Å². The van der Waals surface area contributed by atoms with Crippen LogP contribution in [0.5, 0.6) is 0 Å². The molecule has 0 saturated heterocycles. The third-order valence-electron chi connectivity index (χ3n) is 6.03. The first-order valence-electron chi connectivity index (χ1n) is 11.4. The lowest BCUT2D eigenvalue weighted by Gasteiger charge is -2.18. The Morgan fingerprint density at radius 2 is 1.36 bits per heavy atom. The fraction of sp³-hybridized carbons (Fsp3) is 0. The van der Waals surface area contributed by atoms with Crippen molar-refractivity contribution in [2.75, 3.05) is 10.6 Å². The number of para-hydroxylation sites is 4. The fourth-order valence-corrected chi connectivity index (χ4v) is 4.79. The van der Waals surface area contributed by atoms with Gasteiger partial charge in [-0.15, -0.1) is 0 Å². The van der Waals surface area contributed by atoms with E-state index < -0.39 is 11.5 Å². The van der Waals surface area contributed by atoms with Crippen molar-refractivity contribution in [3.8, 4) is 11.3 Å². The van der Waals surface area contributed by atoms with Crippen LogP contribution in [0.4, 0.5) is 11.4 Å². The predicted molar refractivity (Wildman–Crippen MR) is 147 cm³/mol. The first-order valence-corrected chi connectivity index (χ1v) is 12.1. The number of amides is 1. The zero-order valence-electron chi connectivity index (χ0n) is 18.9. The van der Waals surface area contributed by atoms with E-state index >= 15 is 0 Å². The van der Waals surface area contributed by atoms with Crippen molar-refractivity contribution in [2.24, 2.45) is 0 Å². The van der Waals surface area contributed by atoms with Crippen LogP contribution in [0.2, 0.25) is 0 Å². The van der Waals surface area contributed by atoms with E-state index in [2.05, 4.69) is 26.6 Å². The first-order chi connectivity index (χ1) is 17.6. The molecule has 1 aliphatic heterocycles. The molecule has 0 fully saturated rings. The quantitative estimate of drug-likeness (QED) is 0.288. The van der Waals surface area contributed by atoms with Crippen LogP contribution >= 0.6 is 15.9 Å². The van der Waals surface area contributed by atoms with Crippen LogP contribution in [0.15, 0.2) is 112 Å². The number of nitrogens with zero attached hydrogens (tertiary/aromatic N) is 2. The number of anilines is 2. The summed E-state index contributed by atoms with van der Waals surface area (Å²) in [5.41, 5.74) is 4.51. The van der Waals surface area contributed by atoms with E-state index in [9.17, 15) is 9.59 Å². The van der Waals surface area contributed by atoms with Gasteiger partial charge in [0.25, 0.3) is 11.5 Å². The second-order valence-electron chi connectivity index (χ2n) is 8.31. The van der Waals surface area contributed by atoms with Crippen molar-refractivity contribution >= 4 is 55.6 Å². The largest absolute Gasteiger partial charge is 0.351 e. The molecule has 4 aromatic carbocycles. The van der Waals surface area contributed by atoms with Crippen LogP contribution in [-0.4, -0.2) is 15.5 Å². The number of carbonyl (C=O) groups excluding carboxylic acids is 1. The highest BCUT2D eigenvalue weighted by Gasteiger charge is 2.28. The lowest BCUT2D eigenvalue weighted by Crippen LogP contribution is -2.29. The van der Waals surface area contributed by atoms with Gasteiger partial charge in [0, 0.05) is 15.6 Å². The highest BCUT2D eigenvalue weighted by atomic mass is 79.9. The molecule has 0 radical (unpaired) electrons. The van der Waals surface area contributed by atoms with Gasteiger partial charge in [-0.2, -0.15) is 0 Å². The number of hydrogen-bond acceptors (Lipinski definition) is 4. The van der Waals surface area contributed by atoms with Gasteiger partial charge in [-0.05, 0) is 36.4 Å². The van der Waals surface area contributed by atoms with E-state index in [-0.39, 0.29) is 11.4 Å². The third kappa shape index (κ3) is 3.79. The Kier molecular flexibility index (Phi) is 5.47. The Morgan fingerprint density at radius 3 is 2.14 bits per heavy atom. The van der Waals surface area contributed by atoms with E-state index in [1.807, 2.05) is 97.1 Å². The Morgan fingerprint density at radius 1 is 0.694 bits per heavy atom. The van der Waals surface area contributed by atoms with Gasteiger partial charge >= 0.3 is 0 Å². The highest BCUT2D eigenvalue weighted by Crippen LogP contribution is 2.34. The highest BCUT2D eigenvalue weighted by molar-refractivity contribution is 9.10. The molecule has 2 N–H and O–H groups in total. The SMILES string of the molecule is O=C1Nc2ccccc2NC(c2ccccc2)=C1n1c(=O)c(-c2cccc(Br)c2)nc2ccccc21. The first kappa shape index (κ1) is 22.0. The molecule has 0 saturated carbocycles. The number of rotatable bonds is 3. The number of fused-ring (bicyclic) bond motifs is 2. The molecule has 0 bridgehead atoms. The minimum atomic E-state index is -0.398. The molecule has 0 unspecified atom stereocenters. The zero-order valence-corrected chi connectivity index (χ0v) is 20.5.